The Morgan fingerprint density at radius 1 is 1.00 bits per heavy atom. The van der Waals surface area contributed by atoms with Gasteiger partial charge < -0.3 is 4.74 Å². The summed E-state index contributed by atoms with van der Waals surface area (Å²) in [6.07, 6.45) is 0. The maximum absolute atomic E-state index is 12.1. The number of benzene rings is 2. The number of ether oxygens (including phenoxy) is 1. The molecule has 0 radical (unpaired) electrons. The normalized spacial score (nSPS) is 10.3. The van der Waals surface area contributed by atoms with Crippen LogP contribution in [0.3, 0.4) is 0 Å². The SMILES string of the molecule is Cc1cccc(OCC(=O)NNC(=O)c2ccc3ccccc3n2)c1. The van der Waals surface area contributed by atoms with Crippen LogP contribution in [-0.2, 0) is 4.79 Å². The van der Waals surface area contributed by atoms with E-state index in [2.05, 4.69) is 15.8 Å². The molecule has 25 heavy (non-hydrogen) atoms. The lowest BCUT2D eigenvalue weighted by Gasteiger charge is -2.09. The molecule has 0 fully saturated rings. The molecule has 6 nitrogen and oxygen atoms in total. The average molecular weight is 335 g/mol. The van der Waals surface area contributed by atoms with Crippen LogP contribution in [0.25, 0.3) is 10.9 Å². The summed E-state index contributed by atoms with van der Waals surface area (Å²) >= 11 is 0. The fraction of sp³-hybridized carbons (Fsp3) is 0.105. The highest BCUT2D eigenvalue weighted by molar-refractivity contribution is 5.95. The van der Waals surface area contributed by atoms with E-state index in [1.807, 2.05) is 49.4 Å². The molecule has 1 aromatic heterocycles. The van der Waals surface area contributed by atoms with Gasteiger partial charge in [0, 0.05) is 5.39 Å². The monoisotopic (exact) mass is 335 g/mol. The maximum atomic E-state index is 12.1. The van der Waals surface area contributed by atoms with Crippen molar-refractivity contribution in [2.24, 2.45) is 0 Å². The Bertz CT molecular complexity index is 924. The fourth-order valence-corrected chi connectivity index (χ4v) is 2.27. The van der Waals surface area contributed by atoms with Crippen LogP contribution in [0.15, 0.2) is 60.7 Å². The molecular formula is C19H17N3O3. The Balaban J connectivity index is 1.53. The Morgan fingerprint density at radius 2 is 1.84 bits per heavy atom. The number of rotatable bonds is 4. The highest BCUT2D eigenvalue weighted by Crippen LogP contribution is 2.12. The first-order valence-corrected chi connectivity index (χ1v) is 7.76. The van der Waals surface area contributed by atoms with Crippen LogP contribution in [0.1, 0.15) is 16.1 Å². The number of carbonyl (C=O) groups excluding carboxylic acids is 2. The molecule has 2 N–H and O–H groups in total. The molecule has 0 aliphatic heterocycles. The van der Waals surface area contributed by atoms with Crippen molar-refractivity contribution < 1.29 is 14.3 Å². The van der Waals surface area contributed by atoms with Crippen LogP contribution in [0.4, 0.5) is 0 Å². The average Bonchev–Trinajstić information content (AvgIpc) is 2.64. The molecule has 2 amide bonds. The first-order chi connectivity index (χ1) is 12.1. The zero-order valence-electron chi connectivity index (χ0n) is 13.7. The Kier molecular flexibility index (Phi) is 4.89. The van der Waals surface area contributed by atoms with E-state index in [0.717, 1.165) is 10.9 Å². The van der Waals surface area contributed by atoms with Crippen LogP contribution in [0.5, 0.6) is 5.75 Å². The lowest BCUT2D eigenvalue weighted by atomic mass is 10.2. The molecule has 0 bridgehead atoms. The number of para-hydroxylation sites is 1. The summed E-state index contributed by atoms with van der Waals surface area (Å²) in [5, 5.41) is 0.939. The molecule has 0 aliphatic rings. The van der Waals surface area contributed by atoms with Gasteiger partial charge in [0.25, 0.3) is 11.8 Å². The van der Waals surface area contributed by atoms with Crippen LogP contribution >= 0.6 is 0 Å². The number of hydrazine groups is 1. The van der Waals surface area contributed by atoms with Crippen molar-refractivity contribution in [3.63, 3.8) is 0 Å². The molecular weight excluding hydrogens is 318 g/mol. The molecule has 0 spiro atoms. The van der Waals surface area contributed by atoms with E-state index >= 15 is 0 Å². The first kappa shape index (κ1) is 16.4. The molecule has 0 aliphatic carbocycles. The van der Waals surface area contributed by atoms with Gasteiger partial charge in [0.05, 0.1) is 5.52 Å². The van der Waals surface area contributed by atoms with E-state index in [9.17, 15) is 9.59 Å². The summed E-state index contributed by atoms with van der Waals surface area (Å²) in [7, 11) is 0. The minimum Gasteiger partial charge on any atom is -0.484 e. The summed E-state index contributed by atoms with van der Waals surface area (Å²) in [4.78, 5) is 28.1. The number of amides is 2. The van der Waals surface area contributed by atoms with Gasteiger partial charge in [-0.2, -0.15) is 0 Å². The van der Waals surface area contributed by atoms with Crippen LogP contribution in [-0.4, -0.2) is 23.4 Å². The van der Waals surface area contributed by atoms with Crippen molar-refractivity contribution >= 4 is 22.7 Å². The standard InChI is InChI=1S/C19H17N3O3/c1-13-5-4-7-15(11-13)25-12-18(23)21-22-19(24)17-10-9-14-6-2-3-8-16(14)20-17/h2-11H,12H2,1H3,(H,21,23)(H,22,24). The van der Waals surface area contributed by atoms with Crippen LogP contribution < -0.4 is 15.6 Å². The minimum absolute atomic E-state index is 0.200. The van der Waals surface area contributed by atoms with Gasteiger partial charge >= 0.3 is 0 Å². The van der Waals surface area contributed by atoms with Gasteiger partial charge in [0.2, 0.25) is 0 Å². The lowest BCUT2D eigenvalue weighted by Crippen LogP contribution is -2.44. The van der Waals surface area contributed by atoms with E-state index in [0.29, 0.717) is 11.3 Å². The molecule has 0 atom stereocenters. The van der Waals surface area contributed by atoms with Gasteiger partial charge in [0.1, 0.15) is 11.4 Å². The third-order valence-electron chi connectivity index (χ3n) is 3.51. The van der Waals surface area contributed by atoms with Gasteiger partial charge in [-0.3, -0.25) is 20.4 Å². The molecule has 2 aromatic carbocycles. The van der Waals surface area contributed by atoms with E-state index in [-0.39, 0.29) is 12.3 Å². The van der Waals surface area contributed by atoms with Crippen molar-refractivity contribution in [3.8, 4) is 5.75 Å². The van der Waals surface area contributed by atoms with Crippen LogP contribution in [0, 0.1) is 6.92 Å². The number of aromatic nitrogens is 1. The minimum atomic E-state index is -0.491. The molecule has 0 unspecified atom stereocenters. The van der Waals surface area contributed by atoms with Gasteiger partial charge in [-0.15, -0.1) is 0 Å². The smallest absolute Gasteiger partial charge is 0.288 e. The van der Waals surface area contributed by atoms with Gasteiger partial charge in [0.15, 0.2) is 6.61 Å². The molecule has 3 rings (SSSR count). The number of hydrogen-bond acceptors (Lipinski definition) is 4. The summed E-state index contributed by atoms with van der Waals surface area (Å²) in [5.41, 5.74) is 6.61. The van der Waals surface area contributed by atoms with E-state index in [1.54, 1.807) is 18.2 Å². The number of nitrogens with one attached hydrogen (secondary N) is 2. The number of pyridine rings is 1. The summed E-state index contributed by atoms with van der Waals surface area (Å²) in [5.74, 6) is -0.358. The number of nitrogens with zero attached hydrogens (tertiary/aromatic N) is 1. The first-order valence-electron chi connectivity index (χ1n) is 7.76. The summed E-state index contributed by atoms with van der Waals surface area (Å²) in [6, 6.07) is 18.3. The van der Waals surface area contributed by atoms with Crippen molar-refractivity contribution in [2.45, 2.75) is 6.92 Å². The van der Waals surface area contributed by atoms with Crippen molar-refractivity contribution in [3.05, 3.63) is 71.9 Å². The predicted octanol–water partition coefficient (Wildman–Crippen LogP) is 2.38. The predicted molar refractivity (Wildman–Crippen MR) is 94.0 cm³/mol. The zero-order valence-corrected chi connectivity index (χ0v) is 13.7. The second-order valence-corrected chi connectivity index (χ2v) is 5.50. The second kappa shape index (κ2) is 7.44. The highest BCUT2D eigenvalue weighted by atomic mass is 16.5. The number of carbonyl (C=O) groups is 2. The third kappa shape index (κ3) is 4.32. The fourth-order valence-electron chi connectivity index (χ4n) is 2.27. The maximum Gasteiger partial charge on any atom is 0.288 e. The topological polar surface area (TPSA) is 80.3 Å². The largest absolute Gasteiger partial charge is 0.484 e. The van der Waals surface area contributed by atoms with E-state index in [1.165, 1.54) is 0 Å². The number of hydrogen-bond donors (Lipinski definition) is 2. The van der Waals surface area contributed by atoms with Gasteiger partial charge in [-0.25, -0.2) is 4.98 Å². The van der Waals surface area contributed by atoms with Gasteiger partial charge in [-0.05, 0) is 36.8 Å². The van der Waals surface area contributed by atoms with Crippen molar-refractivity contribution in [1.82, 2.24) is 15.8 Å². The van der Waals surface area contributed by atoms with Gasteiger partial charge in [-0.1, -0.05) is 36.4 Å². The van der Waals surface area contributed by atoms with E-state index < -0.39 is 11.8 Å². The molecule has 0 saturated carbocycles. The Hall–Kier alpha value is -3.41. The second-order valence-electron chi connectivity index (χ2n) is 5.50. The van der Waals surface area contributed by atoms with Crippen molar-refractivity contribution in [2.75, 3.05) is 6.61 Å². The highest BCUT2D eigenvalue weighted by Gasteiger charge is 2.10. The molecule has 126 valence electrons. The molecule has 6 heteroatoms. The summed E-state index contributed by atoms with van der Waals surface area (Å²) < 4.78 is 5.37. The molecule has 3 aromatic rings. The number of aryl methyl sites for hydroxylation is 1. The lowest BCUT2D eigenvalue weighted by molar-refractivity contribution is -0.123. The molecule has 1 heterocycles. The van der Waals surface area contributed by atoms with Crippen LogP contribution in [0.2, 0.25) is 0 Å². The van der Waals surface area contributed by atoms with Crippen molar-refractivity contribution in [1.29, 1.82) is 0 Å². The Labute approximate surface area is 144 Å². The zero-order chi connectivity index (χ0) is 17.6. The molecule has 0 saturated heterocycles. The Morgan fingerprint density at radius 3 is 2.68 bits per heavy atom. The third-order valence-corrected chi connectivity index (χ3v) is 3.51. The number of fused-ring (bicyclic) bond motifs is 1. The van der Waals surface area contributed by atoms with E-state index in [4.69, 9.17) is 4.74 Å². The summed E-state index contributed by atoms with van der Waals surface area (Å²) in [6.45, 7) is 1.73. The quantitative estimate of drug-likeness (QED) is 0.718.